The molecule has 31 heavy (non-hydrogen) atoms. The Balaban J connectivity index is 1.43. The van der Waals surface area contributed by atoms with E-state index in [0.717, 1.165) is 4.90 Å². The second-order valence-corrected chi connectivity index (χ2v) is 7.82. The zero-order valence-corrected chi connectivity index (χ0v) is 18.0. The third kappa shape index (κ3) is 4.16. The van der Waals surface area contributed by atoms with Crippen molar-refractivity contribution in [1.82, 2.24) is 5.32 Å². The van der Waals surface area contributed by atoms with Crippen molar-refractivity contribution < 1.29 is 14.4 Å². The van der Waals surface area contributed by atoms with E-state index < -0.39 is 5.91 Å². The highest BCUT2D eigenvalue weighted by molar-refractivity contribution is 7.80. The van der Waals surface area contributed by atoms with Gasteiger partial charge in [0.05, 0.1) is 27.4 Å². The van der Waals surface area contributed by atoms with Crippen LogP contribution in [-0.2, 0) is 0 Å². The second-order valence-electron chi connectivity index (χ2n) is 6.57. The van der Waals surface area contributed by atoms with Crippen LogP contribution < -0.4 is 15.5 Å². The molecule has 3 aromatic rings. The van der Waals surface area contributed by atoms with Gasteiger partial charge in [-0.3, -0.25) is 19.7 Å². The van der Waals surface area contributed by atoms with E-state index in [1.807, 2.05) is 0 Å². The molecule has 0 atom stereocenters. The molecule has 0 fully saturated rings. The van der Waals surface area contributed by atoms with E-state index in [9.17, 15) is 14.4 Å². The number of imide groups is 1. The Morgan fingerprint density at radius 3 is 2.06 bits per heavy atom. The van der Waals surface area contributed by atoms with Gasteiger partial charge in [0.25, 0.3) is 17.7 Å². The SMILES string of the molecule is O=C(NC(=S)Nc1ccc(N2C(=O)c3ccccc3C2=O)cc1)c1ccc(Cl)cc1Cl. The van der Waals surface area contributed by atoms with Crippen molar-refractivity contribution in [3.8, 4) is 0 Å². The van der Waals surface area contributed by atoms with Crippen LogP contribution in [0.25, 0.3) is 0 Å². The summed E-state index contributed by atoms with van der Waals surface area (Å²) >= 11 is 17.1. The maximum Gasteiger partial charge on any atom is 0.266 e. The predicted octanol–water partition coefficient (Wildman–Crippen LogP) is 4.92. The van der Waals surface area contributed by atoms with Crippen LogP contribution in [0.1, 0.15) is 31.1 Å². The van der Waals surface area contributed by atoms with Gasteiger partial charge in [-0.2, -0.15) is 0 Å². The first-order chi connectivity index (χ1) is 14.8. The van der Waals surface area contributed by atoms with Crippen LogP contribution in [0.5, 0.6) is 0 Å². The fourth-order valence-electron chi connectivity index (χ4n) is 3.12. The number of nitrogens with zero attached hydrogens (tertiary/aromatic N) is 1. The molecule has 0 aromatic heterocycles. The molecule has 0 saturated heterocycles. The van der Waals surface area contributed by atoms with Gasteiger partial charge >= 0.3 is 0 Å². The highest BCUT2D eigenvalue weighted by Crippen LogP contribution is 2.29. The summed E-state index contributed by atoms with van der Waals surface area (Å²) in [5.74, 6) is -1.23. The lowest BCUT2D eigenvalue weighted by atomic mass is 10.1. The summed E-state index contributed by atoms with van der Waals surface area (Å²) < 4.78 is 0. The van der Waals surface area contributed by atoms with E-state index in [1.54, 1.807) is 54.6 Å². The molecule has 0 unspecified atom stereocenters. The fraction of sp³-hybridized carbons (Fsp3) is 0. The Kier molecular flexibility index (Phi) is 5.73. The number of thiocarbonyl (C=S) groups is 1. The molecule has 0 saturated carbocycles. The number of nitrogens with one attached hydrogen (secondary N) is 2. The Morgan fingerprint density at radius 2 is 1.48 bits per heavy atom. The minimum atomic E-state index is -0.484. The molecule has 9 heteroatoms. The van der Waals surface area contributed by atoms with E-state index in [1.165, 1.54) is 12.1 Å². The standard InChI is InChI=1S/C22H13Cl2N3O3S/c23-12-5-10-17(18(24)11-12)19(28)26-22(31)25-13-6-8-14(9-7-13)27-20(29)15-3-1-2-4-16(15)21(27)30/h1-11H,(H2,25,26,28,31). The zero-order valence-electron chi connectivity index (χ0n) is 15.7. The molecular formula is C22H13Cl2N3O3S. The van der Waals surface area contributed by atoms with E-state index >= 15 is 0 Å². The number of amides is 3. The molecular weight excluding hydrogens is 457 g/mol. The smallest absolute Gasteiger partial charge is 0.266 e. The Hall–Kier alpha value is -3.26. The van der Waals surface area contributed by atoms with Gasteiger partial charge in [0, 0.05) is 10.7 Å². The minimum Gasteiger partial charge on any atom is -0.332 e. The molecule has 0 radical (unpaired) electrons. The molecule has 0 spiro atoms. The zero-order chi connectivity index (χ0) is 22.1. The first-order valence-electron chi connectivity index (χ1n) is 9.00. The number of fused-ring (bicyclic) bond motifs is 1. The van der Waals surface area contributed by atoms with E-state index in [4.69, 9.17) is 35.4 Å². The number of rotatable bonds is 3. The topological polar surface area (TPSA) is 78.5 Å². The maximum absolute atomic E-state index is 12.6. The molecule has 1 aliphatic rings. The Morgan fingerprint density at radius 1 is 0.871 bits per heavy atom. The second kappa shape index (κ2) is 8.47. The largest absolute Gasteiger partial charge is 0.332 e. The minimum absolute atomic E-state index is 0.0597. The van der Waals surface area contributed by atoms with E-state index in [2.05, 4.69) is 10.6 Å². The molecule has 3 aromatic carbocycles. The van der Waals surface area contributed by atoms with E-state index in [-0.39, 0.29) is 27.5 Å². The first kappa shape index (κ1) is 21.0. The van der Waals surface area contributed by atoms with Crippen LogP contribution in [0.4, 0.5) is 11.4 Å². The monoisotopic (exact) mass is 469 g/mol. The normalized spacial score (nSPS) is 12.5. The van der Waals surface area contributed by atoms with Gasteiger partial charge in [-0.15, -0.1) is 0 Å². The van der Waals surface area contributed by atoms with Crippen molar-refractivity contribution in [2.75, 3.05) is 10.2 Å². The van der Waals surface area contributed by atoms with Gasteiger partial charge in [0.15, 0.2) is 5.11 Å². The van der Waals surface area contributed by atoms with Gasteiger partial charge in [-0.1, -0.05) is 35.3 Å². The summed E-state index contributed by atoms with van der Waals surface area (Å²) in [5, 5.41) is 6.09. The summed E-state index contributed by atoms with van der Waals surface area (Å²) in [6.45, 7) is 0. The maximum atomic E-state index is 12.6. The lowest BCUT2D eigenvalue weighted by molar-refractivity contribution is 0.0923. The summed E-state index contributed by atoms with van der Waals surface area (Å²) in [5.41, 5.74) is 1.97. The highest BCUT2D eigenvalue weighted by Gasteiger charge is 2.36. The molecule has 0 bridgehead atoms. The Bertz CT molecular complexity index is 1210. The van der Waals surface area contributed by atoms with Gasteiger partial charge in [0.2, 0.25) is 0 Å². The molecule has 1 aliphatic heterocycles. The number of hydrogen-bond acceptors (Lipinski definition) is 4. The number of carbonyl (C=O) groups is 3. The van der Waals surface area contributed by atoms with Crippen LogP contribution in [-0.4, -0.2) is 22.8 Å². The molecule has 2 N–H and O–H groups in total. The first-order valence-corrected chi connectivity index (χ1v) is 10.2. The Labute approximate surface area is 192 Å². The average Bonchev–Trinajstić information content (AvgIpc) is 2.99. The van der Waals surface area contributed by atoms with Crippen LogP contribution in [0.15, 0.2) is 66.7 Å². The van der Waals surface area contributed by atoms with Gasteiger partial charge in [-0.05, 0) is 66.8 Å². The van der Waals surface area contributed by atoms with Crippen molar-refractivity contribution in [3.05, 3.63) is 93.5 Å². The van der Waals surface area contributed by atoms with Crippen molar-refractivity contribution >= 4 is 69.6 Å². The lowest BCUT2D eigenvalue weighted by Crippen LogP contribution is -2.34. The number of benzene rings is 3. The summed E-state index contributed by atoms with van der Waals surface area (Å²) in [4.78, 5) is 38.6. The number of anilines is 2. The van der Waals surface area contributed by atoms with Crippen LogP contribution in [0, 0.1) is 0 Å². The molecule has 1 heterocycles. The average molecular weight is 470 g/mol. The van der Waals surface area contributed by atoms with E-state index in [0.29, 0.717) is 27.5 Å². The molecule has 6 nitrogen and oxygen atoms in total. The van der Waals surface area contributed by atoms with Crippen molar-refractivity contribution in [2.24, 2.45) is 0 Å². The van der Waals surface area contributed by atoms with Crippen molar-refractivity contribution in [2.45, 2.75) is 0 Å². The quantitative estimate of drug-likeness (QED) is 0.420. The predicted molar refractivity (Wildman–Crippen MR) is 124 cm³/mol. The third-order valence-corrected chi connectivity index (χ3v) is 5.33. The van der Waals surface area contributed by atoms with Crippen LogP contribution >= 0.6 is 35.4 Å². The number of halogens is 2. The van der Waals surface area contributed by atoms with Gasteiger partial charge < -0.3 is 5.32 Å². The van der Waals surface area contributed by atoms with Crippen molar-refractivity contribution in [1.29, 1.82) is 0 Å². The van der Waals surface area contributed by atoms with Crippen LogP contribution in [0.2, 0.25) is 10.0 Å². The number of hydrogen-bond donors (Lipinski definition) is 2. The summed E-state index contributed by atoms with van der Waals surface area (Å²) in [6, 6.07) is 17.7. The van der Waals surface area contributed by atoms with Crippen molar-refractivity contribution in [3.63, 3.8) is 0 Å². The molecule has 0 aliphatic carbocycles. The third-order valence-electron chi connectivity index (χ3n) is 4.58. The van der Waals surface area contributed by atoms with Crippen LogP contribution in [0.3, 0.4) is 0 Å². The number of carbonyl (C=O) groups excluding carboxylic acids is 3. The summed E-state index contributed by atoms with van der Waals surface area (Å²) in [7, 11) is 0. The lowest BCUT2D eigenvalue weighted by Gasteiger charge is -2.15. The van der Waals surface area contributed by atoms with Gasteiger partial charge in [-0.25, -0.2) is 4.90 Å². The fourth-order valence-corrected chi connectivity index (χ4v) is 3.83. The molecule has 4 rings (SSSR count). The summed E-state index contributed by atoms with van der Waals surface area (Å²) in [6.07, 6.45) is 0. The molecule has 3 amide bonds. The highest BCUT2D eigenvalue weighted by atomic mass is 35.5. The molecule has 154 valence electrons. The van der Waals surface area contributed by atoms with Gasteiger partial charge in [0.1, 0.15) is 0 Å².